The van der Waals surface area contributed by atoms with Crippen LogP contribution < -0.4 is 4.74 Å². The van der Waals surface area contributed by atoms with Crippen molar-refractivity contribution in [2.24, 2.45) is 0 Å². The number of amides is 1. The average Bonchev–Trinajstić information content (AvgIpc) is 3.14. The average molecular weight is 437 g/mol. The van der Waals surface area contributed by atoms with Gasteiger partial charge in [-0.1, -0.05) is 22.9 Å². The van der Waals surface area contributed by atoms with Gasteiger partial charge < -0.3 is 14.2 Å². The van der Waals surface area contributed by atoms with Gasteiger partial charge in [0.15, 0.2) is 0 Å². The molecule has 3 heterocycles. The molecule has 2 aromatic carbocycles. The van der Waals surface area contributed by atoms with E-state index in [0.717, 1.165) is 11.0 Å². The molecular weight excluding hydrogens is 427 g/mol. The molecule has 5 nitrogen and oxygen atoms in total. The Labute approximate surface area is 183 Å². The summed E-state index contributed by atoms with van der Waals surface area (Å²) in [6.07, 6.45) is 0.197. The zero-order valence-electron chi connectivity index (χ0n) is 15.7. The maximum atomic E-state index is 14.0. The molecule has 0 aliphatic carbocycles. The maximum absolute atomic E-state index is 14.0. The van der Waals surface area contributed by atoms with Crippen LogP contribution in [0.2, 0.25) is 5.02 Å². The highest BCUT2D eigenvalue weighted by Crippen LogP contribution is 2.51. The molecule has 0 saturated carbocycles. The van der Waals surface area contributed by atoms with E-state index in [4.69, 9.17) is 39.9 Å². The largest absolute Gasteiger partial charge is 0.434 e. The minimum atomic E-state index is -3.11. The first-order valence-corrected chi connectivity index (χ1v) is 9.60. The van der Waals surface area contributed by atoms with Gasteiger partial charge in [-0.15, -0.1) is 0 Å². The summed E-state index contributed by atoms with van der Waals surface area (Å²) in [6, 6.07) is 5.31. The van der Waals surface area contributed by atoms with Crippen molar-refractivity contribution in [3.8, 4) is 5.75 Å². The highest BCUT2D eigenvalue weighted by Gasteiger charge is 2.48. The van der Waals surface area contributed by atoms with Crippen LogP contribution in [-0.4, -0.2) is 55.7 Å². The molecule has 31 heavy (non-hydrogen) atoms. The number of hydrogen-bond donors (Lipinski definition) is 0. The predicted octanol–water partition coefficient (Wildman–Crippen LogP) is 3.04. The van der Waals surface area contributed by atoms with Crippen molar-refractivity contribution < 1.29 is 22.7 Å². The molecule has 150 valence electrons. The molecule has 0 N–H and O–H groups in total. The van der Waals surface area contributed by atoms with Crippen molar-refractivity contribution in [2.45, 2.75) is 30.4 Å². The van der Waals surface area contributed by atoms with Gasteiger partial charge in [-0.2, -0.15) is 8.78 Å². The monoisotopic (exact) mass is 437 g/mol. The zero-order valence-corrected chi connectivity index (χ0v) is 16.5. The van der Waals surface area contributed by atoms with Gasteiger partial charge in [-0.05, 0) is 18.2 Å². The van der Waals surface area contributed by atoms with Crippen molar-refractivity contribution in [3.05, 3.63) is 58.1 Å². The molecular formula is C19H10B3ClF3N3O2. The third kappa shape index (κ3) is 2.97. The molecule has 6 radical (unpaired) electrons. The molecule has 12 heteroatoms. The quantitative estimate of drug-likeness (QED) is 0.593. The first kappa shape index (κ1) is 20.4. The summed E-state index contributed by atoms with van der Waals surface area (Å²) in [5.41, 5.74) is 1.00. The number of imidazole rings is 1. The number of carbonyl (C=O) groups excluding carboxylic acids is 1. The van der Waals surface area contributed by atoms with E-state index in [0.29, 0.717) is 11.3 Å². The fraction of sp³-hybridized carbons (Fsp3) is 0.263. The molecule has 2 aliphatic rings. The summed E-state index contributed by atoms with van der Waals surface area (Å²) in [4.78, 5) is 18.9. The third-order valence-electron chi connectivity index (χ3n) is 5.61. The summed E-state index contributed by atoms with van der Waals surface area (Å²) in [5, 5.41) is -2.21. The first-order chi connectivity index (χ1) is 14.6. The van der Waals surface area contributed by atoms with E-state index in [-0.39, 0.29) is 33.8 Å². The summed E-state index contributed by atoms with van der Waals surface area (Å²) < 4.78 is 46.7. The number of aromatic nitrogens is 2. The minimum Gasteiger partial charge on any atom is -0.434 e. The van der Waals surface area contributed by atoms with Gasteiger partial charge in [0.25, 0.3) is 5.91 Å². The second-order valence-corrected chi connectivity index (χ2v) is 7.93. The van der Waals surface area contributed by atoms with E-state index >= 15 is 0 Å². The molecule has 0 saturated heterocycles. The number of halogens is 4. The first-order valence-electron chi connectivity index (χ1n) is 9.22. The van der Waals surface area contributed by atoms with Crippen LogP contribution in [0.25, 0.3) is 11.0 Å². The molecule has 2 atom stereocenters. The Kier molecular flexibility index (Phi) is 4.42. The molecule has 2 aliphatic heterocycles. The Hall–Kier alpha value is -2.55. The standard InChI is InChI=1S/C19H10B3ClF3N3O2/c20-19(21,22)29-13-6-12(15-7(17(29)30)2-1-3-14(15)31-18(25)26)28-11-4-8(23)9(24)5-10(11)27-16(13)28/h1-5,12-13,18H,6H2/t12-,13-/m1/s1. The van der Waals surface area contributed by atoms with Gasteiger partial charge >= 0.3 is 6.61 Å². The van der Waals surface area contributed by atoms with Crippen molar-refractivity contribution >= 4 is 52.1 Å². The van der Waals surface area contributed by atoms with Crippen LogP contribution in [0.4, 0.5) is 13.2 Å². The van der Waals surface area contributed by atoms with Crippen molar-refractivity contribution in [1.82, 2.24) is 14.5 Å². The molecule has 3 aromatic rings. The number of rotatable bonds is 3. The van der Waals surface area contributed by atoms with Crippen molar-refractivity contribution in [3.63, 3.8) is 0 Å². The molecule has 1 amide bonds. The second kappa shape index (κ2) is 6.72. The van der Waals surface area contributed by atoms with E-state index in [1.807, 2.05) is 0 Å². The van der Waals surface area contributed by atoms with Crippen LogP contribution in [-0.2, 0) is 0 Å². The SMILES string of the molecule is [B]C([B])([B])N1C(=O)c2cccc(OC(F)F)c2[C@H]2C[C@@H]1c1nc3cc(F)c(Cl)cc3n12. The lowest BCUT2D eigenvalue weighted by atomic mass is 9.48. The van der Waals surface area contributed by atoms with Gasteiger partial charge in [-0.25, -0.2) is 9.37 Å². The fourth-order valence-corrected chi connectivity index (χ4v) is 4.71. The number of ether oxygens (including phenoxy) is 1. The summed E-state index contributed by atoms with van der Waals surface area (Å²) in [5.74, 6) is -1.17. The van der Waals surface area contributed by atoms with Gasteiger partial charge in [0.2, 0.25) is 0 Å². The van der Waals surface area contributed by atoms with Crippen LogP contribution in [0.15, 0.2) is 30.3 Å². The second-order valence-electron chi connectivity index (χ2n) is 7.52. The molecule has 1 aromatic heterocycles. The van der Waals surface area contributed by atoms with E-state index in [2.05, 4.69) is 4.98 Å². The molecule has 0 spiro atoms. The Morgan fingerprint density at radius 2 is 1.97 bits per heavy atom. The van der Waals surface area contributed by atoms with E-state index in [1.54, 1.807) is 4.57 Å². The van der Waals surface area contributed by atoms with Crippen molar-refractivity contribution in [1.29, 1.82) is 0 Å². The van der Waals surface area contributed by atoms with Crippen LogP contribution in [0, 0.1) is 5.82 Å². The Morgan fingerprint density at radius 1 is 1.23 bits per heavy atom. The van der Waals surface area contributed by atoms with Gasteiger partial charge in [0.05, 0.1) is 51.7 Å². The topological polar surface area (TPSA) is 47.4 Å². The normalized spacial score (nSPS) is 20.2. The Bertz CT molecular complexity index is 1250. The highest BCUT2D eigenvalue weighted by molar-refractivity contribution is 6.60. The number of benzene rings is 2. The lowest BCUT2D eigenvalue weighted by Gasteiger charge is -2.41. The molecule has 2 bridgehead atoms. The molecule has 0 fully saturated rings. The number of alkyl halides is 2. The van der Waals surface area contributed by atoms with Crippen molar-refractivity contribution in [2.75, 3.05) is 0 Å². The highest BCUT2D eigenvalue weighted by atomic mass is 35.5. The van der Waals surface area contributed by atoms with E-state index in [9.17, 15) is 18.0 Å². The Morgan fingerprint density at radius 3 is 2.65 bits per heavy atom. The van der Waals surface area contributed by atoms with E-state index in [1.165, 1.54) is 24.3 Å². The van der Waals surface area contributed by atoms with Crippen LogP contribution >= 0.6 is 11.6 Å². The molecule has 0 unspecified atom stereocenters. The number of nitrogens with zero attached hydrogens (tertiary/aromatic N) is 3. The van der Waals surface area contributed by atoms with Crippen LogP contribution in [0.3, 0.4) is 0 Å². The number of hydrogen-bond acceptors (Lipinski definition) is 3. The van der Waals surface area contributed by atoms with Gasteiger partial charge in [-0.3, -0.25) is 4.79 Å². The Balaban J connectivity index is 1.85. The van der Waals surface area contributed by atoms with Gasteiger partial charge in [0, 0.05) is 23.6 Å². The lowest BCUT2D eigenvalue weighted by Crippen LogP contribution is -2.54. The maximum Gasteiger partial charge on any atom is 0.387 e. The fourth-order valence-electron chi connectivity index (χ4n) is 4.55. The predicted molar refractivity (Wildman–Crippen MR) is 109 cm³/mol. The van der Waals surface area contributed by atoms with Crippen LogP contribution in [0.5, 0.6) is 5.75 Å². The zero-order chi connectivity index (χ0) is 22.2. The number of fused-ring (bicyclic) bond motifs is 9. The molecule has 5 rings (SSSR count). The smallest absolute Gasteiger partial charge is 0.387 e. The van der Waals surface area contributed by atoms with E-state index < -0.39 is 35.7 Å². The number of carbonyl (C=O) groups is 1. The third-order valence-corrected chi connectivity index (χ3v) is 5.90. The van der Waals surface area contributed by atoms with Gasteiger partial charge in [0.1, 0.15) is 17.4 Å². The summed E-state index contributed by atoms with van der Waals surface area (Å²) in [7, 11) is 17.8. The summed E-state index contributed by atoms with van der Waals surface area (Å²) >= 11 is 5.98. The summed E-state index contributed by atoms with van der Waals surface area (Å²) in [6.45, 7) is -3.11. The lowest BCUT2D eigenvalue weighted by molar-refractivity contribution is -0.0507. The van der Waals surface area contributed by atoms with Crippen LogP contribution in [0.1, 0.15) is 40.3 Å². The minimum absolute atomic E-state index is 0.0667.